The molecule has 0 aromatic carbocycles. The number of hydrogen-bond acceptors (Lipinski definition) is 3. The Labute approximate surface area is 175 Å². The van der Waals surface area contributed by atoms with Crippen molar-refractivity contribution in [1.29, 1.82) is 0 Å². The number of H-pyrrole nitrogens is 1. The number of nitrogens with one attached hydrogen (secondary N) is 2. The molecule has 3 aromatic heterocycles. The summed E-state index contributed by atoms with van der Waals surface area (Å²) in [5, 5.41) is 9.25. The number of amides is 2. The second kappa shape index (κ2) is 6.33. The quantitative estimate of drug-likeness (QED) is 0.699. The standard InChI is InChI=1S/C23H28N6O/c1-3-24-22(30)28-8-6-23(13-28)7-9-29-20(23)18(15-4-5-15)19(27-29)16-10-17-14(2)11-25-21(17)26-12-16/h10-12,15H,3-9,13H2,1-2H3,(H,24,30)(H,25,26). The van der Waals surface area contributed by atoms with E-state index >= 15 is 0 Å². The molecule has 0 bridgehead atoms. The van der Waals surface area contributed by atoms with Crippen LogP contribution in [0.3, 0.4) is 0 Å². The number of carbonyl (C=O) groups excluding carboxylic acids is 1. The first-order valence-corrected chi connectivity index (χ1v) is 11.2. The lowest BCUT2D eigenvalue weighted by molar-refractivity contribution is 0.206. The van der Waals surface area contributed by atoms with Gasteiger partial charge in [0, 0.05) is 60.5 Å². The summed E-state index contributed by atoms with van der Waals surface area (Å²) in [5.41, 5.74) is 7.25. The maximum atomic E-state index is 12.5. The monoisotopic (exact) mass is 404 g/mol. The van der Waals surface area contributed by atoms with E-state index in [1.165, 1.54) is 35.0 Å². The fourth-order valence-electron chi connectivity index (χ4n) is 5.58. The van der Waals surface area contributed by atoms with E-state index in [2.05, 4.69) is 33.0 Å². The van der Waals surface area contributed by atoms with Gasteiger partial charge < -0.3 is 15.2 Å². The lowest BCUT2D eigenvalue weighted by Crippen LogP contribution is -2.40. The van der Waals surface area contributed by atoms with Crippen molar-refractivity contribution in [2.75, 3.05) is 19.6 Å². The second-order valence-corrected chi connectivity index (χ2v) is 9.24. The fourth-order valence-corrected chi connectivity index (χ4v) is 5.58. The third-order valence-corrected chi connectivity index (χ3v) is 7.26. The van der Waals surface area contributed by atoms with Gasteiger partial charge in [-0.25, -0.2) is 9.78 Å². The lowest BCUT2D eigenvalue weighted by atomic mass is 9.79. The largest absolute Gasteiger partial charge is 0.346 e. The molecule has 7 nitrogen and oxygen atoms in total. The summed E-state index contributed by atoms with van der Waals surface area (Å²) in [6, 6.07) is 2.30. The molecule has 1 spiro atoms. The number of carbonyl (C=O) groups is 1. The number of hydrogen-bond donors (Lipinski definition) is 2. The van der Waals surface area contributed by atoms with Crippen LogP contribution < -0.4 is 5.32 Å². The second-order valence-electron chi connectivity index (χ2n) is 9.24. The summed E-state index contributed by atoms with van der Waals surface area (Å²) in [6.07, 6.45) is 8.56. The molecular formula is C23H28N6O. The van der Waals surface area contributed by atoms with Crippen molar-refractivity contribution in [3.05, 3.63) is 35.3 Å². The van der Waals surface area contributed by atoms with E-state index in [4.69, 9.17) is 5.10 Å². The van der Waals surface area contributed by atoms with Gasteiger partial charge in [-0.05, 0) is 57.1 Å². The third kappa shape index (κ3) is 2.53. The minimum Gasteiger partial charge on any atom is -0.346 e. The summed E-state index contributed by atoms with van der Waals surface area (Å²) in [7, 11) is 0. The van der Waals surface area contributed by atoms with Gasteiger partial charge in [-0.1, -0.05) is 0 Å². The smallest absolute Gasteiger partial charge is 0.317 e. The van der Waals surface area contributed by atoms with Crippen LogP contribution in [0.5, 0.6) is 0 Å². The number of aromatic amines is 1. The topological polar surface area (TPSA) is 78.8 Å². The Balaban J connectivity index is 1.44. The Bertz CT molecular complexity index is 1160. The van der Waals surface area contributed by atoms with E-state index in [0.29, 0.717) is 12.5 Å². The zero-order chi connectivity index (χ0) is 20.5. The maximum absolute atomic E-state index is 12.5. The van der Waals surface area contributed by atoms with Gasteiger partial charge in [-0.2, -0.15) is 5.10 Å². The van der Waals surface area contributed by atoms with Crippen LogP contribution in [0.2, 0.25) is 0 Å². The van der Waals surface area contributed by atoms with E-state index < -0.39 is 0 Å². The predicted molar refractivity (Wildman–Crippen MR) is 116 cm³/mol. The predicted octanol–water partition coefficient (Wildman–Crippen LogP) is 3.69. The van der Waals surface area contributed by atoms with Crippen LogP contribution in [0, 0.1) is 6.92 Å². The van der Waals surface area contributed by atoms with E-state index in [-0.39, 0.29) is 11.4 Å². The molecule has 2 aliphatic heterocycles. The number of nitrogens with zero attached hydrogens (tertiary/aromatic N) is 4. The van der Waals surface area contributed by atoms with Crippen LogP contribution in [0.15, 0.2) is 18.5 Å². The Morgan fingerprint density at radius 2 is 2.17 bits per heavy atom. The van der Waals surface area contributed by atoms with Gasteiger partial charge in [-0.3, -0.25) is 4.68 Å². The molecule has 1 saturated heterocycles. The number of rotatable bonds is 3. The van der Waals surface area contributed by atoms with Crippen molar-refractivity contribution in [1.82, 2.24) is 30.0 Å². The number of urea groups is 1. The molecular weight excluding hydrogens is 376 g/mol. The Kier molecular flexibility index (Phi) is 3.80. The van der Waals surface area contributed by atoms with E-state index in [9.17, 15) is 4.79 Å². The zero-order valence-electron chi connectivity index (χ0n) is 17.7. The maximum Gasteiger partial charge on any atom is 0.317 e. The SMILES string of the molecule is CCNC(=O)N1CCC2(CCn3nc(-c4cnc5[nH]cc(C)c5c4)c(C4CC4)c32)C1. The van der Waals surface area contributed by atoms with Crippen LogP contribution in [0.25, 0.3) is 22.3 Å². The van der Waals surface area contributed by atoms with Gasteiger partial charge >= 0.3 is 6.03 Å². The highest BCUT2D eigenvalue weighted by atomic mass is 16.2. The van der Waals surface area contributed by atoms with Crippen LogP contribution in [0.4, 0.5) is 4.79 Å². The number of aromatic nitrogens is 4. The summed E-state index contributed by atoms with van der Waals surface area (Å²) in [4.78, 5) is 22.4. The molecule has 1 saturated carbocycles. The van der Waals surface area contributed by atoms with E-state index in [1.54, 1.807) is 0 Å². The molecule has 6 rings (SSSR count). The first-order valence-electron chi connectivity index (χ1n) is 11.2. The van der Waals surface area contributed by atoms with Crippen molar-refractivity contribution in [2.45, 2.75) is 57.4 Å². The molecule has 156 valence electrons. The average Bonchev–Trinajstić information content (AvgIpc) is 3.10. The van der Waals surface area contributed by atoms with Gasteiger partial charge in [0.2, 0.25) is 0 Å². The van der Waals surface area contributed by atoms with Gasteiger partial charge in [0.15, 0.2) is 0 Å². The summed E-state index contributed by atoms with van der Waals surface area (Å²) in [5.74, 6) is 0.597. The molecule has 2 fully saturated rings. The minimum absolute atomic E-state index is 0.0514. The Morgan fingerprint density at radius 3 is 2.97 bits per heavy atom. The highest BCUT2D eigenvalue weighted by Gasteiger charge is 2.50. The summed E-state index contributed by atoms with van der Waals surface area (Å²) < 4.78 is 2.25. The van der Waals surface area contributed by atoms with Crippen molar-refractivity contribution in [3.8, 4) is 11.3 Å². The molecule has 2 N–H and O–H groups in total. The fraction of sp³-hybridized carbons (Fsp3) is 0.522. The van der Waals surface area contributed by atoms with Crippen LogP contribution in [-0.4, -0.2) is 50.3 Å². The number of aryl methyl sites for hydroxylation is 2. The molecule has 7 heteroatoms. The first-order chi connectivity index (χ1) is 14.6. The van der Waals surface area contributed by atoms with Crippen LogP contribution >= 0.6 is 0 Å². The molecule has 1 atom stereocenters. The highest BCUT2D eigenvalue weighted by molar-refractivity contribution is 5.84. The zero-order valence-corrected chi connectivity index (χ0v) is 17.7. The molecule has 1 unspecified atom stereocenters. The summed E-state index contributed by atoms with van der Waals surface area (Å²) in [6.45, 7) is 7.33. The molecule has 30 heavy (non-hydrogen) atoms. The third-order valence-electron chi connectivity index (χ3n) is 7.26. The number of likely N-dealkylation sites (tertiary alicyclic amines) is 1. The Morgan fingerprint density at radius 1 is 1.33 bits per heavy atom. The molecule has 2 amide bonds. The number of pyridine rings is 1. The van der Waals surface area contributed by atoms with Gasteiger partial charge in [-0.15, -0.1) is 0 Å². The normalized spacial score (nSPS) is 22.9. The van der Waals surface area contributed by atoms with Gasteiger partial charge in [0.25, 0.3) is 0 Å². The molecule has 5 heterocycles. The average molecular weight is 405 g/mol. The van der Waals surface area contributed by atoms with Crippen LogP contribution in [0.1, 0.15) is 55.3 Å². The summed E-state index contributed by atoms with van der Waals surface area (Å²) >= 11 is 0. The Hall–Kier alpha value is -2.83. The lowest BCUT2D eigenvalue weighted by Gasteiger charge is -2.25. The van der Waals surface area contributed by atoms with Crippen LogP contribution in [-0.2, 0) is 12.0 Å². The molecule has 3 aromatic rings. The van der Waals surface area contributed by atoms with Crippen molar-refractivity contribution in [3.63, 3.8) is 0 Å². The highest BCUT2D eigenvalue weighted by Crippen LogP contribution is 2.53. The van der Waals surface area contributed by atoms with E-state index in [0.717, 1.165) is 49.4 Å². The number of fused-ring (bicyclic) bond motifs is 3. The minimum atomic E-state index is 0.0514. The van der Waals surface area contributed by atoms with Gasteiger partial charge in [0.1, 0.15) is 5.65 Å². The van der Waals surface area contributed by atoms with Crippen molar-refractivity contribution < 1.29 is 4.79 Å². The first kappa shape index (κ1) is 18.0. The van der Waals surface area contributed by atoms with E-state index in [1.807, 2.05) is 24.2 Å². The van der Waals surface area contributed by atoms with Crippen molar-refractivity contribution in [2.24, 2.45) is 0 Å². The molecule has 3 aliphatic rings. The molecule has 0 radical (unpaired) electrons. The molecule has 1 aliphatic carbocycles. The van der Waals surface area contributed by atoms with Crippen molar-refractivity contribution >= 4 is 17.1 Å². The van der Waals surface area contributed by atoms with Gasteiger partial charge in [0.05, 0.1) is 11.4 Å².